The molecule has 1 aliphatic rings. The smallest absolute Gasteiger partial charge is 0.199 e. The van der Waals surface area contributed by atoms with Gasteiger partial charge in [0.25, 0.3) is 0 Å². The van der Waals surface area contributed by atoms with Gasteiger partial charge in [0, 0.05) is 31.9 Å². The molecular weight excluding hydrogens is 482 g/mol. The van der Waals surface area contributed by atoms with Crippen LogP contribution < -0.4 is 9.64 Å². The molecule has 7 nitrogen and oxygen atoms in total. The highest BCUT2D eigenvalue weighted by Crippen LogP contribution is 2.20. The third-order valence-corrected chi connectivity index (χ3v) is 7.23. The highest BCUT2D eigenvalue weighted by Gasteiger charge is 2.20. The Balaban J connectivity index is 1.29. The summed E-state index contributed by atoms with van der Waals surface area (Å²) in [5.74, 6) is 1.94. The van der Waals surface area contributed by atoms with E-state index in [0.29, 0.717) is 30.3 Å². The number of rotatable bonds is 9. The molecule has 37 heavy (non-hydrogen) atoms. The van der Waals surface area contributed by atoms with Crippen molar-refractivity contribution in [1.29, 1.82) is 0 Å². The van der Waals surface area contributed by atoms with Gasteiger partial charge in [0.15, 0.2) is 10.6 Å². The Hall–Kier alpha value is -3.62. The fourth-order valence-corrected chi connectivity index (χ4v) is 4.85. The molecule has 3 aromatic carbocycles. The van der Waals surface area contributed by atoms with E-state index >= 15 is 0 Å². The summed E-state index contributed by atoms with van der Waals surface area (Å²) in [6.07, 6.45) is 1.00. The highest BCUT2D eigenvalue weighted by atomic mass is 32.1. The monoisotopic (exact) mass is 515 g/mol. The fourth-order valence-electron chi connectivity index (χ4n) is 4.58. The lowest BCUT2D eigenvalue weighted by molar-refractivity contribution is 0.193. The Morgan fingerprint density at radius 1 is 0.865 bits per heavy atom. The second kappa shape index (κ2) is 11.6. The first-order valence-corrected chi connectivity index (χ1v) is 13.2. The molecule has 0 saturated carbocycles. The average Bonchev–Trinajstić information content (AvgIpc) is 3.23. The van der Waals surface area contributed by atoms with Crippen LogP contribution in [0.15, 0.2) is 78.9 Å². The number of aryl methyl sites for hydroxylation is 1. The molecule has 192 valence electrons. The third kappa shape index (κ3) is 6.21. The Bertz CT molecular complexity index is 1340. The van der Waals surface area contributed by atoms with Crippen LogP contribution in [0.2, 0.25) is 0 Å². The number of phenols is 1. The number of anilines is 1. The van der Waals surface area contributed by atoms with E-state index in [4.69, 9.17) is 22.1 Å². The van der Waals surface area contributed by atoms with Gasteiger partial charge in [-0.05, 0) is 66.2 Å². The Morgan fingerprint density at radius 2 is 1.57 bits per heavy atom. The molecule has 1 saturated heterocycles. The van der Waals surface area contributed by atoms with Gasteiger partial charge in [-0.2, -0.15) is 5.10 Å². The molecule has 0 bridgehead atoms. The molecule has 0 radical (unpaired) electrons. The van der Waals surface area contributed by atoms with Gasteiger partial charge in [0.2, 0.25) is 0 Å². The number of benzene rings is 3. The zero-order valence-corrected chi connectivity index (χ0v) is 22.0. The van der Waals surface area contributed by atoms with E-state index in [1.54, 1.807) is 12.1 Å². The number of nitrogens with zero attached hydrogens (tertiary/aromatic N) is 5. The maximum atomic E-state index is 9.57. The van der Waals surface area contributed by atoms with Crippen LogP contribution in [0.4, 0.5) is 5.69 Å². The van der Waals surface area contributed by atoms with E-state index < -0.39 is 0 Å². The van der Waals surface area contributed by atoms with Gasteiger partial charge in [-0.3, -0.25) is 9.47 Å². The quantitative estimate of drug-likeness (QED) is 0.314. The molecule has 4 aromatic rings. The maximum Gasteiger partial charge on any atom is 0.199 e. The van der Waals surface area contributed by atoms with Crippen molar-refractivity contribution in [3.05, 3.63) is 101 Å². The summed E-state index contributed by atoms with van der Waals surface area (Å²) in [7, 11) is 0. The Kier molecular flexibility index (Phi) is 7.87. The van der Waals surface area contributed by atoms with E-state index in [-0.39, 0.29) is 0 Å². The summed E-state index contributed by atoms with van der Waals surface area (Å²) in [4.78, 5) is 4.72. The standard InChI is InChI=1S/C29H33N5O2S/c1-2-23-8-14-27(15-9-23)36-21-28-30-34(29(37)33(28)20-24-6-4-3-5-7-24)22-31-16-18-32(19-17-31)25-10-12-26(35)13-11-25/h3-15,35H,2,16-22H2,1H3. The van der Waals surface area contributed by atoms with Gasteiger partial charge >= 0.3 is 0 Å². The summed E-state index contributed by atoms with van der Waals surface area (Å²) < 4.78 is 10.8. The molecule has 0 spiro atoms. The Morgan fingerprint density at radius 3 is 2.24 bits per heavy atom. The van der Waals surface area contributed by atoms with Crippen molar-refractivity contribution in [2.75, 3.05) is 31.1 Å². The molecule has 8 heteroatoms. The van der Waals surface area contributed by atoms with E-state index in [0.717, 1.165) is 49.9 Å². The fraction of sp³-hybridized carbons (Fsp3) is 0.310. The number of ether oxygens (including phenoxy) is 1. The van der Waals surface area contributed by atoms with Crippen molar-refractivity contribution < 1.29 is 9.84 Å². The van der Waals surface area contributed by atoms with Crippen LogP contribution in [-0.2, 0) is 26.2 Å². The zero-order chi connectivity index (χ0) is 25.6. The van der Waals surface area contributed by atoms with Gasteiger partial charge in [-0.15, -0.1) is 0 Å². The molecule has 0 aliphatic carbocycles. The number of aromatic nitrogens is 3. The normalized spacial score (nSPS) is 14.1. The predicted molar refractivity (Wildman–Crippen MR) is 149 cm³/mol. The average molecular weight is 516 g/mol. The summed E-state index contributed by atoms with van der Waals surface area (Å²) in [6.45, 7) is 7.42. The number of hydrogen-bond acceptors (Lipinski definition) is 6. The van der Waals surface area contributed by atoms with Crippen LogP contribution >= 0.6 is 12.2 Å². The molecule has 0 unspecified atom stereocenters. The second-order valence-electron chi connectivity index (χ2n) is 9.32. The van der Waals surface area contributed by atoms with Crippen molar-refractivity contribution in [1.82, 2.24) is 19.2 Å². The van der Waals surface area contributed by atoms with Crippen molar-refractivity contribution in [2.24, 2.45) is 0 Å². The van der Waals surface area contributed by atoms with Crippen LogP contribution in [0, 0.1) is 4.77 Å². The largest absolute Gasteiger partial charge is 0.508 e. The predicted octanol–water partition coefficient (Wildman–Crippen LogP) is 5.09. The number of aromatic hydroxyl groups is 1. The first kappa shape index (κ1) is 25.0. The minimum Gasteiger partial charge on any atom is -0.508 e. The van der Waals surface area contributed by atoms with Gasteiger partial charge in [-0.25, -0.2) is 4.68 Å². The minimum atomic E-state index is 0.292. The zero-order valence-electron chi connectivity index (χ0n) is 21.2. The van der Waals surface area contributed by atoms with Crippen LogP contribution in [-0.4, -0.2) is 50.5 Å². The lowest BCUT2D eigenvalue weighted by Crippen LogP contribution is -2.47. The highest BCUT2D eigenvalue weighted by molar-refractivity contribution is 7.71. The number of phenolic OH excluding ortho intramolecular Hbond substituents is 1. The first-order chi connectivity index (χ1) is 18.1. The second-order valence-corrected chi connectivity index (χ2v) is 9.68. The van der Waals surface area contributed by atoms with Crippen molar-refractivity contribution in [2.45, 2.75) is 33.2 Å². The topological polar surface area (TPSA) is 58.7 Å². The number of hydrogen-bond donors (Lipinski definition) is 1. The van der Waals surface area contributed by atoms with Crippen molar-refractivity contribution in [3.8, 4) is 11.5 Å². The summed E-state index contributed by atoms with van der Waals surface area (Å²) in [5, 5.41) is 14.5. The first-order valence-electron chi connectivity index (χ1n) is 12.8. The summed E-state index contributed by atoms with van der Waals surface area (Å²) in [5.41, 5.74) is 3.59. The van der Waals surface area contributed by atoms with Gasteiger partial charge < -0.3 is 14.7 Å². The number of piperazine rings is 1. The lowest BCUT2D eigenvalue weighted by Gasteiger charge is -2.35. The van der Waals surface area contributed by atoms with Gasteiger partial charge in [0.1, 0.15) is 18.1 Å². The molecule has 1 aromatic heterocycles. The van der Waals surface area contributed by atoms with Crippen molar-refractivity contribution in [3.63, 3.8) is 0 Å². The molecular formula is C29H33N5O2S. The van der Waals surface area contributed by atoms with Crippen LogP contribution in [0.25, 0.3) is 0 Å². The summed E-state index contributed by atoms with van der Waals surface area (Å²) >= 11 is 5.90. The third-order valence-electron chi connectivity index (χ3n) is 6.80. The molecule has 1 N–H and O–H groups in total. The molecule has 2 heterocycles. The van der Waals surface area contributed by atoms with E-state index in [9.17, 15) is 5.11 Å². The van der Waals surface area contributed by atoms with Gasteiger partial charge in [-0.1, -0.05) is 49.4 Å². The van der Waals surface area contributed by atoms with E-state index in [1.165, 1.54) is 11.1 Å². The molecule has 1 fully saturated rings. The van der Waals surface area contributed by atoms with Crippen LogP contribution in [0.5, 0.6) is 11.5 Å². The van der Waals surface area contributed by atoms with E-state index in [1.807, 2.05) is 47.1 Å². The van der Waals surface area contributed by atoms with Crippen LogP contribution in [0.3, 0.4) is 0 Å². The minimum absolute atomic E-state index is 0.292. The van der Waals surface area contributed by atoms with E-state index in [2.05, 4.69) is 45.6 Å². The molecule has 0 atom stereocenters. The van der Waals surface area contributed by atoms with Crippen molar-refractivity contribution >= 4 is 17.9 Å². The maximum absolute atomic E-state index is 9.57. The summed E-state index contributed by atoms with van der Waals surface area (Å²) in [6, 6.07) is 26.0. The SMILES string of the molecule is CCc1ccc(OCc2nn(CN3CCN(c4ccc(O)cc4)CC3)c(=S)n2Cc2ccccc2)cc1. The van der Waals surface area contributed by atoms with Gasteiger partial charge in [0.05, 0.1) is 13.2 Å². The lowest BCUT2D eigenvalue weighted by atomic mass is 10.2. The van der Waals surface area contributed by atoms with Crippen LogP contribution in [0.1, 0.15) is 23.9 Å². The molecule has 1 aliphatic heterocycles. The molecule has 5 rings (SSSR count). The Labute approximate surface area is 223 Å². The molecule has 0 amide bonds.